The lowest BCUT2D eigenvalue weighted by Crippen LogP contribution is -2.50. The Bertz CT molecular complexity index is 1410. The van der Waals surface area contributed by atoms with Crippen molar-refractivity contribution in [1.29, 1.82) is 0 Å². The summed E-state index contributed by atoms with van der Waals surface area (Å²) in [5, 5.41) is 7.09. The van der Waals surface area contributed by atoms with Gasteiger partial charge in [0.05, 0.1) is 7.11 Å². The summed E-state index contributed by atoms with van der Waals surface area (Å²) in [7, 11) is 1.67. The van der Waals surface area contributed by atoms with E-state index in [1.807, 2.05) is 24.3 Å². The van der Waals surface area contributed by atoms with Gasteiger partial charge in [-0.1, -0.05) is 104 Å². The van der Waals surface area contributed by atoms with Crippen LogP contribution >= 0.6 is 12.4 Å². The van der Waals surface area contributed by atoms with Gasteiger partial charge in [0.2, 0.25) is 5.91 Å². The van der Waals surface area contributed by atoms with Crippen molar-refractivity contribution >= 4 is 18.3 Å². The highest BCUT2D eigenvalue weighted by Gasteiger charge is 2.41. The number of rotatable bonds is 14. The number of fused-ring (bicyclic) bond motifs is 3. The summed E-state index contributed by atoms with van der Waals surface area (Å²) < 4.78 is 5.26. The Morgan fingerprint density at radius 3 is 2.32 bits per heavy atom. The van der Waals surface area contributed by atoms with Crippen LogP contribution in [0.1, 0.15) is 80.9 Å². The minimum atomic E-state index is -0.0783. The van der Waals surface area contributed by atoms with E-state index in [1.165, 1.54) is 49.7 Å². The van der Waals surface area contributed by atoms with Crippen LogP contribution in [0.5, 0.6) is 5.75 Å². The van der Waals surface area contributed by atoms with Crippen LogP contribution in [0.15, 0.2) is 109 Å². The summed E-state index contributed by atoms with van der Waals surface area (Å²) in [6.45, 7) is 1.83. The van der Waals surface area contributed by atoms with Crippen LogP contribution in [0.2, 0.25) is 0 Å². The van der Waals surface area contributed by atoms with Crippen molar-refractivity contribution in [2.75, 3.05) is 20.2 Å². The lowest BCUT2D eigenvalue weighted by atomic mass is 9.62. The fraction of sp³-hybridized carbons (Fsp3) is 0.452. The van der Waals surface area contributed by atoms with Crippen LogP contribution in [0.3, 0.4) is 0 Å². The maximum Gasteiger partial charge on any atom is 0.220 e. The SMILES string of the molecule is COc1ccc(CCC(=O)NCCCC(CCCC2CCN[C@@H]3C=CC4=CCCCC4[C@H]23)(c2ccccc2)c2ccccc2)cc1.Cl. The zero-order valence-electron chi connectivity index (χ0n) is 28.0. The second kappa shape index (κ2) is 17.2. The van der Waals surface area contributed by atoms with Crippen LogP contribution in [0, 0.1) is 17.8 Å². The number of hydrogen-bond acceptors (Lipinski definition) is 3. The van der Waals surface area contributed by atoms with Gasteiger partial charge in [0, 0.05) is 24.4 Å². The van der Waals surface area contributed by atoms with E-state index in [9.17, 15) is 4.79 Å². The van der Waals surface area contributed by atoms with Gasteiger partial charge in [-0.05, 0) is 110 Å². The summed E-state index contributed by atoms with van der Waals surface area (Å²) in [6, 6.07) is 30.9. The van der Waals surface area contributed by atoms with Gasteiger partial charge in [0.25, 0.3) is 0 Å². The smallest absolute Gasteiger partial charge is 0.220 e. The van der Waals surface area contributed by atoms with Crippen molar-refractivity contribution in [1.82, 2.24) is 10.6 Å². The molecule has 4 atom stereocenters. The Labute approximate surface area is 288 Å². The molecule has 3 aliphatic rings. The number of halogens is 1. The van der Waals surface area contributed by atoms with Gasteiger partial charge < -0.3 is 15.4 Å². The van der Waals surface area contributed by atoms with E-state index in [1.54, 1.807) is 12.7 Å². The molecule has 0 radical (unpaired) electrons. The second-order valence-corrected chi connectivity index (χ2v) is 13.7. The van der Waals surface area contributed by atoms with Crippen molar-refractivity contribution in [3.63, 3.8) is 0 Å². The second-order valence-electron chi connectivity index (χ2n) is 13.7. The number of aryl methyl sites for hydroxylation is 1. The number of amides is 1. The molecule has 0 aromatic heterocycles. The molecule has 2 aliphatic carbocycles. The molecule has 3 aromatic carbocycles. The van der Waals surface area contributed by atoms with E-state index in [0.29, 0.717) is 19.0 Å². The molecule has 0 bridgehead atoms. The summed E-state index contributed by atoms with van der Waals surface area (Å²) in [5.41, 5.74) is 5.48. The molecular weight excluding hydrogens is 600 g/mol. The Balaban J connectivity index is 0.00000433. The molecule has 4 nitrogen and oxygen atoms in total. The first-order valence-electron chi connectivity index (χ1n) is 17.8. The standard InChI is InChI=1S/C42H52N2O2.ClH/c1-46-37-23-19-32(20-24-37)21-26-40(45)44-30-11-29-42(35-14-4-2-5-15-35,36-16-6-3-7-17-36)28-10-13-34-27-31-43-39-25-22-33-12-8-9-18-38(33)41(34)39;/h2-7,12,14-17,19-20,22-25,34,38-39,41,43H,8-11,13,18,21,26-31H2,1H3,(H,44,45);1H/t34?,38?,39-,41+;/m1./s1. The lowest BCUT2D eigenvalue weighted by Gasteiger charge is -2.46. The summed E-state index contributed by atoms with van der Waals surface area (Å²) in [5.74, 6) is 3.18. The van der Waals surface area contributed by atoms with Gasteiger partial charge in [0.1, 0.15) is 5.75 Å². The highest BCUT2D eigenvalue weighted by atomic mass is 35.5. The largest absolute Gasteiger partial charge is 0.497 e. The lowest BCUT2D eigenvalue weighted by molar-refractivity contribution is -0.121. The number of benzene rings is 3. The molecule has 2 N–H and O–H groups in total. The van der Waals surface area contributed by atoms with E-state index in [2.05, 4.69) is 89.5 Å². The van der Waals surface area contributed by atoms with Crippen molar-refractivity contribution in [3.8, 4) is 5.75 Å². The van der Waals surface area contributed by atoms with Crippen LogP contribution in [0.4, 0.5) is 0 Å². The van der Waals surface area contributed by atoms with Crippen molar-refractivity contribution < 1.29 is 9.53 Å². The summed E-state index contributed by atoms with van der Waals surface area (Å²) in [6.07, 6.45) is 19.4. The third-order valence-electron chi connectivity index (χ3n) is 11.1. The zero-order valence-corrected chi connectivity index (χ0v) is 28.9. The number of allylic oxidation sites excluding steroid dienone is 3. The van der Waals surface area contributed by atoms with Gasteiger partial charge in [-0.25, -0.2) is 0 Å². The quantitative estimate of drug-likeness (QED) is 0.171. The van der Waals surface area contributed by atoms with E-state index in [4.69, 9.17) is 4.74 Å². The Kier molecular flexibility index (Phi) is 12.8. The number of nitrogens with one attached hydrogen (secondary N) is 2. The maximum absolute atomic E-state index is 12.8. The fourth-order valence-electron chi connectivity index (χ4n) is 8.72. The van der Waals surface area contributed by atoms with Gasteiger partial charge in [-0.3, -0.25) is 4.79 Å². The highest BCUT2D eigenvalue weighted by Crippen LogP contribution is 2.47. The van der Waals surface area contributed by atoms with E-state index in [-0.39, 0.29) is 23.7 Å². The molecule has 5 heteroatoms. The fourth-order valence-corrected chi connectivity index (χ4v) is 8.72. The number of carbonyl (C=O) groups is 1. The average Bonchev–Trinajstić information content (AvgIpc) is 3.12. The Morgan fingerprint density at radius 1 is 0.915 bits per heavy atom. The molecule has 1 amide bonds. The number of carbonyl (C=O) groups excluding carboxylic acids is 1. The number of piperidine rings is 1. The first kappa shape index (κ1) is 35.0. The normalized spacial score (nSPS) is 21.9. The molecule has 0 saturated carbocycles. The minimum absolute atomic E-state index is 0. The molecule has 1 aliphatic heterocycles. The third kappa shape index (κ3) is 8.58. The molecule has 47 heavy (non-hydrogen) atoms. The van der Waals surface area contributed by atoms with Crippen LogP contribution in [-0.2, 0) is 16.6 Å². The Hall–Kier alpha value is -3.34. The number of ether oxygens (including phenoxy) is 1. The maximum atomic E-state index is 12.8. The molecule has 2 unspecified atom stereocenters. The van der Waals surface area contributed by atoms with Gasteiger partial charge in [-0.2, -0.15) is 0 Å². The number of hydrogen-bond donors (Lipinski definition) is 2. The van der Waals surface area contributed by atoms with Gasteiger partial charge in [0.15, 0.2) is 0 Å². The topological polar surface area (TPSA) is 50.4 Å². The molecule has 0 spiro atoms. The van der Waals surface area contributed by atoms with Gasteiger partial charge in [-0.15, -0.1) is 12.4 Å². The molecule has 1 heterocycles. The molecule has 1 saturated heterocycles. The molecule has 6 rings (SSSR count). The summed E-state index contributed by atoms with van der Waals surface area (Å²) in [4.78, 5) is 12.8. The van der Waals surface area contributed by atoms with Crippen molar-refractivity contribution in [2.24, 2.45) is 17.8 Å². The molecule has 1 fully saturated rings. The molecule has 3 aromatic rings. The first-order valence-corrected chi connectivity index (χ1v) is 17.8. The van der Waals surface area contributed by atoms with Gasteiger partial charge >= 0.3 is 0 Å². The van der Waals surface area contributed by atoms with Crippen LogP contribution in [0.25, 0.3) is 0 Å². The predicted octanol–water partition coefficient (Wildman–Crippen LogP) is 8.99. The minimum Gasteiger partial charge on any atom is -0.497 e. The Morgan fingerprint density at radius 2 is 1.62 bits per heavy atom. The molecule has 250 valence electrons. The summed E-state index contributed by atoms with van der Waals surface area (Å²) >= 11 is 0. The predicted molar refractivity (Wildman–Crippen MR) is 196 cm³/mol. The van der Waals surface area contributed by atoms with E-state index >= 15 is 0 Å². The third-order valence-corrected chi connectivity index (χ3v) is 11.1. The number of methoxy groups -OCH3 is 1. The van der Waals surface area contributed by atoms with Crippen LogP contribution < -0.4 is 15.4 Å². The average molecular weight is 653 g/mol. The molecular formula is C42H53ClN2O2. The highest BCUT2D eigenvalue weighted by molar-refractivity contribution is 5.85. The zero-order chi connectivity index (χ0) is 31.6. The van der Waals surface area contributed by atoms with Crippen molar-refractivity contribution in [2.45, 2.75) is 82.1 Å². The van der Waals surface area contributed by atoms with E-state index in [0.717, 1.165) is 61.3 Å². The van der Waals surface area contributed by atoms with Crippen molar-refractivity contribution in [3.05, 3.63) is 125 Å². The van der Waals surface area contributed by atoms with E-state index < -0.39 is 0 Å². The first-order chi connectivity index (χ1) is 22.7. The monoisotopic (exact) mass is 652 g/mol. The van der Waals surface area contributed by atoms with Crippen LogP contribution in [-0.4, -0.2) is 32.1 Å².